The quantitative estimate of drug-likeness (QED) is 0.847. The minimum atomic E-state index is 0.287. The molecule has 5 nitrogen and oxygen atoms in total. The van der Waals surface area contributed by atoms with Gasteiger partial charge in [-0.15, -0.1) is 0 Å². The molecule has 1 N–H and O–H groups in total. The first-order chi connectivity index (χ1) is 8.78. The molecule has 1 aliphatic heterocycles. The van der Waals surface area contributed by atoms with Crippen molar-refractivity contribution in [3.63, 3.8) is 0 Å². The van der Waals surface area contributed by atoms with Crippen LogP contribution >= 0.6 is 0 Å². The molecular formula is C13H22N4O. The minimum Gasteiger partial charge on any atom is -0.473 e. The Morgan fingerprint density at radius 2 is 2.11 bits per heavy atom. The second kappa shape index (κ2) is 6.66. The lowest BCUT2D eigenvalue weighted by molar-refractivity contribution is 0.109. The number of nitrogens with zero attached hydrogens (tertiary/aromatic N) is 3. The maximum absolute atomic E-state index is 5.84. The van der Waals surface area contributed by atoms with Crippen LogP contribution in [0.2, 0.25) is 0 Å². The van der Waals surface area contributed by atoms with Crippen LogP contribution in [-0.2, 0) is 6.54 Å². The normalized spacial score (nSPS) is 17.9. The van der Waals surface area contributed by atoms with Crippen molar-refractivity contribution in [1.29, 1.82) is 0 Å². The minimum absolute atomic E-state index is 0.287. The van der Waals surface area contributed by atoms with Gasteiger partial charge in [-0.2, -0.15) is 0 Å². The van der Waals surface area contributed by atoms with E-state index in [-0.39, 0.29) is 6.10 Å². The second-order valence-corrected chi connectivity index (χ2v) is 4.75. The molecule has 2 heterocycles. The van der Waals surface area contributed by atoms with E-state index >= 15 is 0 Å². The van der Waals surface area contributed by atoms with Gasteiger partial charge in [0.2, 0.25) is 5.88 Å². The van der Waals surface area contributed by atoms with E-state index in [0.717, 1.165) is 44.7 Å². The van der Waals surface area contributed by atoms with Gasteiger partial charge in [-0.3, -0.25) is 4.98 Å². The predicted molar refractivity (Wildman–Crippen MR) is 70.6 cm³/mol. The van der Waals surface area contributed by atoms with E-state index < -0.39 is 0 Å². The van der Waals surface area contributed by atoms with Gasteiger partial charge in [0.05, 0.1) is 18.1 Å². The third-order valence-electron chi connectivity index (χ3n) is 3.19. The number of hydrogen-bond donors (Lipinski definition) is 1. The summed E-state index contributed by atoms with van der Waals surface area (Å²) < 4.78 is 5.84. The molecule has 0 aromatic carbocycles. The smallest absolute Gasteiger partial charge is 0.232 e. The number of rotatable bonds is 5. The Bertz CT molecular complexity index is 347. The highest BCUT2D eigenvalue weighted by Crippen LogP contribution is 2.15. The molecule has 1 aromatic rings. The molecule has 5 heteroatoms. The zero-order valence-electron chi connectivity index (χ0n) is 11.2. The van der Waals surface area contributed by atoms with E-state index in [1.54, 1.807) is 12.4 Å². The van der Waals surface area contributed by atoms with Crippen molar-refractivity contribution in [2.24, 2.45) is 0 Å². The molecule has 0 aliphatic carbocycles. The van der Waals surface area contributed by atoms with Gasteiger partial charge < -0.3 is 15.0 Å². The molecule has 0 radical (unpaired) electrons. The van der Waals surface area contributed by atoms with Crippen LogP contribution in [0.1, 0.15) is 25.5 Å². The number of nitrogens with one attached hydrogen (secondary N) is 1. The molecular weight excluding hydrogens is 228 g/mol. The van der Waals surface area contributed by atoms with Gasteiger partial charge in [0, 0.05) is 19.6 Å². The fourth-order valence-electron chi connectivity index (χ4n) is 2.02. The molecule has 1 aliphatic rings. The van der Waals surface area contributed by atoms with Crippen LogP contribution in [0.25, 0.3) is 0 Å². The lowest BCUT2D eigenvalue weighted by Crippen LogP contribution is -2.35. The van der Waals surface area contributed by atoms with Gasteiger partial charge in [-0.1, -0.05) is 6.92 Å². The van der Waals surface area contributed by atoms with Crippen LogP contribution in [0.5, 0.6) is 5.88 Å². The fraction of sp³-hybridized carbons (Fsp3) is 0.692. The van der Waals surface area contributed by atoms with Crippen LogP contribution in [-0.4, -0.2) is 47.7 Å². The van der Waals surface area contributed by atoms with E-state index in [0.29, 0.717) is 5.88 Å². The van der Waals surface area contributed by atoms with E-state index in [2.05, 4.69) is 34.2 Å². The summed E-state index contributed by atoms with van der Waals surface area (Å²) >= 11 is 0. The Hall–Kier alpha value is -1.20. The zero-order valence-corrected chi connectivity index (χ0v) is 11.2. The van der Waals surface area contributed by atoms with Gasteiger partial charge in [-0.05, 0) is 26.4 Å². The van der Waals surface area contributed by atoms with Gasteiger partial charge in [0.15, 0.2) is 0 Å². The highest BCUT2D eigenvalue weighted by atomic mass is 16.5. The van der Waals surface area contributed by atoms with Crippen LogP contribution in [0.4, 0.5) is 0 Å². The van der Waals surface area contributed by atoms with Crippen LogP contribution < -0.4 is 10.1 Å². The Morgan fingerprint density at radius 1 is 1.33 bits per heavy atom. The zero-order chi connectivity index (χ0) is 12.8. The van der Waals surface area contributed by atoms with Crippen LogP contribution in [0.15, 0.2) is 12.4 Å². The maximum atomic E-state index is 5.84. The van der Waals surface area contributed by atoms with Crippen molar-refractivity contribution in [2.75, 3.05) is 26.7 Å². The maximum Gasteiger partial charge on any atom is 0.232 e. The average Bonchev–Trinajstić information content (AvgIpc) is 2.41. The molecule has 100 valence electrons. The Balaban J connectivity index is 1.82. The van der Waals surface area contributed by atoms with Crippen molar-refractivity contribution in [3.05, 3.63) is 18.1 Å². The predicted octanol–water partition coefficient (Wildman–Crippen LogP) is 1.06. The van der Waals surface area contributed by atoms with Crippen LogP contribution in [0.3, 0.4) is 0 Å². The van der Waals surface area contributed by atoms with Gasteiger partial charge in [0.25, 0.3) is 0 Å². The summed E-state index contributed by atoms with van der Waals surface area (Å²) in [5, 5.41) is 3.22. The summed E-state index contributed by atoms with van der Waals surface area (Å²) in [4.78, 5) is 11.0. The molecule has 0 unspecified atom stereocenters. The average molecular weight is 250 g/mol. The number of piperidine rings is 1. The summed E-state index contributed by atoms with van der Waals surface area (Å²) in [6.45, 7) is 5.96. The fourth-order valence-corrected chi connectivity index (χ4v) is 2.02. The lowest BCUT2D eigenvalue weighted by atomic mass is 10.1. The molecule has 0 bridgehead atoms. The molecule has 0 amide bonds. The number of likely N-dealkylation sites (tertiary alicyclic amines) is 1. The molecule has 18 heavy (non-hydrogen) atoms. The summed E-state index contributed by atoms with van der Waals surface area (Å²) in [6.07, 6.45) is 5.93. The summed E-state index contributed by atoms with van der Waals surface area (Å²) in [5.41, 5.74) is 0.951. The highest BCUT2D eigenvalue weighted by molar-refractivity contribution is 5.07. The SMILES string of the molecule is CCNCc1cnc(OC2CCN(C)CC2)cn1. The van der Waals surface area contributed by atoms with E-state index in [4.69, 9.17) is 4.74 Å². The molecule has 1 saturated heterocycles. The third kappa shape index (κ3) is 3.92. The summed E-state index contributed by atoms with van der Waals surface area (Å²) in [6, 6.07) is 0. The molecule has 1 fully saturated rings. The first-order valence-electron chi connectivity index (χ1n) is 6.64. The Morgan fingerprint density at radius 3 is 2.72 bits per heavy atom. The topological polar surface area (TPSA) is 50.3 Å². The first-order valence-corrected chi connectivity index (χ1v) is 6.64. The van der Waals surface area contributed by atoms with E-state index in [1.807, 2.05) is 0 Å². The first kappa shape index (κ1) is 13.2. The summed E-state index contributed by atoms with van der Waals surface area (Å²) in [7, 11) is 2.14. The molecule has 2 rings (SSSR count). The molecule has 0 atom stereocenters. The monoisotopic (exact) mass is 250 g/mol. The van der Waals surface area contributed by atoms with Crippen molar-refractivity contribution in [3.8, 4) is 5.88 Å². The van der Waals surface area contributed by atoms with Crippen LogP contribution in [0, 0.1) is 0 Å². The second-order valence-electron chi connectivity index (χ2n) is 4.75. The third-order valence-corrected chi connectivity index (χ3v) is 3.19. The van der Waals surface area contributed by atoms with Crippen molar-refractivity contribution < 1.29 is 4.74 Å². The highest BCUT2D eigenvalue weighted by Gasteiger charge is 2.18. The number of ether oxygens (including phenoxy) is 1. The summed E-state index contributed by atoms with van der Waals surface area (Å²) in [5.74, 6) is 0.643. The van der Waals surface area contributed by atoms with E-state index in [9.17, 15) is 0 Å². The molecule has 1 aromatic heterocycles. The molecule has 0 saturated carbocycles. The molecule has 0 spiro atoms. The Kier molecular flexibility index (Phi) is 4.90. The van der Waals surface area contributed by atoms with Gasteiger partial charge in [0.1, 0.15) is 6.10 Å². The van der Waals surface area contributed by atoms with Crippen molar-refractivity contribution >= 4 is 0 Å². The van der Waals surface area contributed by atoms with E-state index in [1.165, 1.54) is 0 Å². The van der Waals surface area contributed by atoms with Crippen molar-refractivity contribution in [1.82, 2.24) is 20.2 Å². The van der Waals surface area contributed by atoms with Gasteiger partial charge >= 0.3 is 0 Å². The number of aromatic nitrogens is 2. The number of hydrogen-bond acceptors (Lipinski definition) is 5. The standard InChI is InChI=1S/C13H22N4O/c1-3-14-8-11-9-16-13(10-15-11)18-12-4-6-17(2)7-5-12/h9-10,12,14H,3-8H2,1-2H3. The largest absolute Gasteiger partial charge is 0.473 e. The lowest BCUT2D eigenvalue weighted by Gasteiger charge is -2.28. The Labute approximate surface area is 109 Å². The van der Waals surface area contributed by atoms with Gasteiger partial charge in [-0.25, -0.2) is 4.98 Å². The van der Waals surface area contributed by atoms with Crippen molar-refractivity contribution in [2.45, 2.75) is 32.4 Å².